The van der Waals surface area contributed by atoms with Gasteiger partial charge in [0.2, 0.25) is 0 Å². The molecule has 2 aromatic rings. The van der Waals surface area contributed by atoms with Gasteiger partial charge in [0.05, 0.1) is 5.56 Å². The molecule has 2 aromatic carbocycles. The predicted octanol–water partition coefficient (Wildman–Crippen LogP) is 4.01. The average Bonchev–Trinajstić information content (AvgIpc) is 2.41. The Hall–Kier alpha value is -1.81. The molecule has 0 aliphatic heterocycles. The number of rotatable bonds is 3. The summed E-state index contributed by atoms with van der Waals surface area (Å²) in [7, 11) is 0. The zero-order valence-electron chi connectivity index (χ0n) is 11.4. The second-order valence-corrected chi connectivity index (χ2v) is 5.55. The molecule has 0 unspecified atom stereocenters. The molecule has 0 heterocycles. The molecule has 0 aromatic heterocycles. The van der Waals surface area contributed by atoms with Gasteiger partial charge in [0, 0.05) is 15.7 Å². The highest BCUT2D eigenvalue weighted by atomic mass is 79.9. The molecule has 3 nitrogen and oxygen atoms in total. The topological polar surface area (TPSA) is 52.3 Å². The van der Waals surface area contributed by atoms with E-state index in [0.717, 1.165) is 21.2 Å². The van der Waals surface area contributed by atoms with Crippen LogP contribution in [0.2, 0.25) is 0 Å². The van der Waals surface area contributed by atoms with Crippen molar-refractivity contribution in [2.45, 2.75) is 20.5 Å². The molecule has 0 saturated heterocycles. The van der Waals surface area contributed by atoms with E-state index < -0.39 is 0 Å². The molecule has 2 N–H and O–H groups in total. The third kappa shape index (κ3) is 3.20. The Bertz CT molecular complexity index is 653. The van der Waals surface area contributed by atoms with E-state index >= 15 is 0 Å². The number of esters is 1. The number of anilines is 1. The van der Waals surface area contributed by atoms with Crippen molar-refractivity contribution in [2.24, 2.45) is 0 Å². The van der Waals surface area contributed by atoms with E-state index in [2.05, 4.69) is 15.9 Å². The van der Waals surface area contributed by atoms with Gasteiger partial charge in [-0.25, -0.2) is 4.79 Å². The van der Waals surface area contributed by atoms with Crippen LogP contribution in [0.25, 0.3) is 0 Å². The van der Waals surface area contributed by atoms with Crippen molar-refractivity contribution in [1.29, 1.82) is 0 Å². The van der Waals surface area contributed by atoms with E-state index in [1.807, 2.05) is 44.2 Å². The predicted molar refractivity (Wildman–Crippen MR) is 83.6 cm³/mol. The summed E-state index contributed by atoms with van der Waals surface area (Å²) in [5, 5.41) is 0. The fraction of sp³-hybridized carbons (Fsp3) is 0.188. The van der Waals surface area contributed by atoms with Crippen molar-refractivity contribution in [3.63, 3.8) is 0 Å². The minimum atomic E-state index is -0.357. The SMILES string of the molecule is Cc1cc(C)c(C(=O)OCc2ccccc2Br)cc1N. The summed E-state index contributed by atoms with van der Waals surface area (Å²) in [4.78, 5) is 12.1. The number of ether oxygens (including phenoxy) is 1. The summed E-state index contributed by atoms with van der Waals surface area (Å²) >= 11 is 3.43. The fourth-order valence-electron chi connectivity index (χ4n) is 1.93. The molecular weight excluding hydrogens is 318 g/mol. The summed E-state index contributed by atoms with van der Waals surface area (Å²) in [6.45, 7) is 4.02. The van der Waals surface area contributed by atoms with Crippen LogP contribution in [0.1, 0.15) is 27.0 Å². The number of carbonyl (C=O) groups excluding carboxylic acids is 1. The van der Waals surface area contributed by atoms with Crippen LogP contribution in [0.5, 0.6) is 0 Å². The second kappa shape index (κ2) is 6.09. The lowest BCUT2D eigenvalue weighted by atomic mass is 10.0. The summed E-state index contributed by atoms with van der Waals surface area (Å²) in [6, 6.07) is 11.2. The van der Waals surface area contributed by atoms with Crippen LogP contribution in [0, 0.1) is 13.8 Å². The number of carbonyl (C=O) groups is 1. The average molecular weight is 334 g/mol. The van der Waals surface area contributed by atoms with Crippen LogP contribution in [-0.4, -0.2) is 5.97 Å². The van der Waals surface area contributed by atoms with Gasteiger partial charge in [-0.05, 0) is 37.1 Å². The van der Waals surface area contributed by atoms with Crippen molar-refractivity contribution < 1.29 is 9.53 Å². The van der Waals surface area contributed by atoms with Crippen LogP contribution in [0.4, 0.5) is 5.69 Å². The van der Waals surface area contributed by atoms with Crippen LogP contribution >= 0.6 is 15.9 Å². The highest BCUT2D eigenvalue weighted by Crippen LogP contribution is 2.21. The van der Waals surface area contributed by atoms with Crippen LogP contribution in [-0.2, 0) is 11.3 Å². The molecule has 0 aliphatic carbocycles. The largest absolute Gasteiger partial charge is 0.457 e. The lowest BCUT2D eigenvalue weighted by Crippen LogP contribution is -2.08. The highest BCUT2D eigenvalue weighted by molar-refractivity contribution is 9.10. The Morgan fingerprint density at radius 1 is 1.20 bits per heavy atom. The molecule has 0 amide bonds. The number of hydrogen-bond acceptors (Lipinski definition) is 3. The number of hydrogen-bond donors (Lipinski definition) is 1. The van der Waals surface area contributed by atoms with Crippen LogP contribution in [0.3, 0.4) is 0 Å². The van der Waals surface area contributed by atoms with Gasteiger partial charge in [-0.1, -0.05) is 40.2 Å². The maximum Gasteiger partial charge on any atom is 0.338 e. The van der Waals surface area contributed by atoms with Gasteiger partial charge in [0.1, 0.15) is 6.61 Å². The first kappa shape index (κ1) is 14.6. The van der Waals surface area contributed by atoms with Crippen molar-refractivity contribution in [2.75, 3.05) is 5.73 Å². The first-order valence-electron chi connectivity index (χ1n) is 6.26. The van der Waals surface area contributed by atoms with E-state index in [4.69, 9.17) is 10.5 Å². The molecule has 0 aliphatic rings. The maximum absolute atomic E-state index is 12.1. The smallest absolute Gasteiger partial charge is 0.338 e. The van der Waals surface area contributed by atoms with Crippen LogP contribution in [0.15, 0.2) is 40.9 Å². The normalized spacial score (nSPS) is 10.3. The number of aryl methyl sites for hydroxylation is 2. The van der Waals surface area contributed by atoms with E-state index in [1.165, 1.54) is 0 Å². The van der Waals surface area contributed by atoms with Crippen LogP contribution < -0.4 is 5.73 Å². The lowest BCUT2D eigenvalue weighted by Gasteiger charge is -2.10. The summed E-state index contributed by atoms with van der Waals surface area (Å²) < 4.78 is 6.27. The van der Waals surface area contributed by atoms with Gasteiger partial charge in [-0.2, -0.15) is 0 Å². The van der Waals surface area contributed by atoms with E-state index in [1.54, 1.807) is 6.07 Å². The first-order chi connectivity index (χ1) is 9.49. The number of nitrogens with two attached hydrogens (primary N) is 1. The van der Waals surface area contributed by atoms with Crippen molar-refractivity contribution >= 4 is 27.6 Å². The third-order valence-corrected chi connectivity index (χ3v) is 3.92. The van der Waals surface area contributed by atoms with E-state index in [-0.39, 0.29) is 12.6 Å². The number of benzene rings is 2. The number of nitrogen functional groups attached to an aromatic ring is 1. The molecule has 2 rings (SSSR count). The van der Waals surface area contributed by atoms with Gasteiger partial charge in [0.25, 0.3) is 0 Å². The Morgan fingerprint density at radius 3 is 2.60 bits per heavy atom. The zero-order chi connectivity index (χ0) is 14.7. The fourth-order valence-corrected chi connectivity index (χ4v) is 2.32. The summed E-state index contributed by atoms with van der Waals surface area (Å²) in [5.74, 6) is -0.357. The van der Waals surface area contributed by atoms with Crippen molar-refractivity contribution in [3.05, 3.63) is 63.1 Å². The van der Waals surface area contributed by atoms with Crippen molar-refractivity contribution in [1.82, 2.24) is 0 Å². The molecule has 0 radical (unpaired) electrons. The molecule has 0 atom stereocenters. The summed E-state index contributed by atoms with van der Waals surface area (Å²) in [6.07, 6.45) is 0. The first-order valence-corrected chi connectivity index (χ1v) is 7.05. The lowest BCUT2D eigenvalue weighted by molar-refractivity contribution is 0.0471. The van der Waals surface area contributed by atoms with Gasteiger partial charge in [-0.3, -0.25) is 0 Å². The van der Waals surface area contributed by atoms with E-state index in [0.29, 0.717) is 11.3 Å². The van der Waals surface area contributed by atoms with E-state index in [9.17, 15) is 4.79 Å². The maximum atomic E-state index is 12.1. The van der Waals surface area contributed by atoms with Gasteiger partial charge >= 0.3 is 5.97 Å². The molecule has 20 heavy (non-hydrogen) atoms. The Balaban J connectivity index is 2.13. The zero-order valence-corrected chi connectivity index (χ0v) is 13.0. The van der Waals surface area contributed by atoms with Gasteiger partial charge < -0.3 is 10.5 Å². The minimum absolute atomic E-state index is 0.230. The molecule has 0 fully saturated rings. The third-order valence-electron chi connectivity index (χ3n) is 3.15. The number of halogens is 1. The molecule has 0 saturated carbocycles. The molecule has 0 spiro atoms. The Kier molecular flexibility index (Phi) is 4.45. The second-order valence-electron chi connectivity index (χ2n) is 4.69. The molecular formula is C16H16BrNO2. The molecule has 4 heteroatoms. The standard InChI is InChI=1S/C16H16BrNO2/c1-10-7-11(2)15(18)8-13(10)16(19)20-9-12-5-3-4-6-14(12)17/h3-8H,9,18H2,1-2H3. The molecule has 104 valence electrons. The minimum Gasteiger partial charge on any atom is -0.457 e. The Morgan fingerprint density at radius 2 is 1.90 bits per heavy atom. The molecule has 0 bridgehead atoms. The highest BCUT2D eigenvalue weighted by Gasteiger charge is 2.13. The van der Waals surface area contributed by atoms with Gasteiger partial charge in [-0.15, -0.1) is 0 Å². The summed E-state index contributed by atoms with van der Waals surface area (Å²) in [5.41, 5.74) is 9.72. The van der Waals surface area contributed by atoms with Gasteiger partial charge in [0.15, 0.2) is 0 Å². The quantitative estimate of drug-likeness (QED) is 0.682. The Labute approximate surface area is 126 Å². The van der Waals surface area contributed by atoms with Crippen molar-refractivity contribution in [3.8, 4) is 0 Å². The monoisotopic (exact) mass is 333 g/mol.